The molecule has 0 aromatic carbocycles. The number of aliphatic hydroxyl groups excluding tert-OH is 1. The van der Waals surface area contributed by atoms with Gasteiger partial charge < -0.3 is 14.6 Å². The quantitative estimate of drug-likeness (QED) is 0.569. The number of aliphatic hydroxyl groups is 1. The van der Waals surface area contributed by atoms with E-state index < -0.39 is 22.2 Å². The van der Waals surface area contributed by atoms with E-state index in [0.717, 1.165) is 6.26 Å². The number of nitrogens with one attached hydrogen (secondary N) is 1. The van der Waals surface area contributed by atoms with Crippen LogP contribution in [0.25, 0.3) is 0 Å². The van der Waals surface area contributed by atoms with Crippen molar-refractivity contribution in [3.8, 4) is 0 Å². The molecule has 2 saturated heterocycles. The van der Waals surface area contributed by atoms with Gasteiger partial charge in [0.25, 0.3) is 0 Å². The molecule has 14 heavy (non-hydrogen) atoms. The van der Waals surface area contributed by atoms with E-state index in [1.807, 2.05) is 0 Å². The summed E-state index contributed by atoms with van der Waals surface area (Å²) in [4.78, 5) is 0. The molecule has 2 fully saturated rings. The minimum Gasteiger partial charge on any atom is -0.388 e. The molecule has 7 heteroatoms. The van der Waals surface area contributed by atoms with E-state index in [9.17, 15) is 13.5 Å². The van der Waals surface area contributed by atoms with E-state index >= 15 is 0 Å². The first-order valence-electron chi connectivity index (χ1n) is 4.36. The second-order valence-electron chi connectivity index (χ2n) is 3.66. The molecule has 82 valence electrons. The van der Waals surface area contributed by atoms with Crippen molar-refractivity contribution in [1.82, 2.24) is 4.72 Å². The minimum absolute atomic E-state index is 0.206. The van der Waals surface area contributed by atoms with Gasteiger partial charge in [0, 0.05) is 0 Å². The highest BCUT2D eigenvalue weighted by Crippen LogP contribution is 2.27. The van der Waals surface area contributed by atoms with Crippen molar-refractivity contribution < 1.29 is 23.0 Å². The normalized spacial score (nSPS) is 42.7. The molecule has 2 rings (SSSR count). The van der Waals surface area contributed by atoms with E-state index in [1.165, 1.54) is 0 Å². The van der Waals surface area contributed by atoms with Crippen molar-refractivity contribution in [3.63, 3.8) is 0 Å². The topological polar surface area (TPSA) is 84.9 Å². The third-order valence-electron chi connectivity index (χ3n) is 2.39. The molecule has 0 aromatic heterocycles. The Morgan fingerprint density at radius 2 is 1.93 bits per heavy atom. The lowest BCUT2D eigenvalue weighted by molar-refractivity contribution is 0.0181. The zero-order chi connectivity index (χ0) is 10.3. The first kappa shape index (κ1) is 10.3. The predicted molar refractivity (Wildman–Crippen MR) is 47.3 cm³/mol. The van der Waals surface area contributed by atoms with Crippen molar-refractivity contribution in [1.29, 1.82) is 0 Å². The van der Waals surface area contributed by atoms with Gasteiger partial charge in [0.15, 0.2) is 0 Å². The van der Waals surface area contributed by atoms with Crippen LogP contribution in [0.2, 0.25) is 0 Å². The molecule has 4 atom stereocenters. The standard InChI is InChI=1S/C7H13NO5S/c1-14(10,11)8-4-2-12-7-5(9)3-13-6(4)7/h4-9H,2-3H2,1H3. The smallest absolute Gasteiger partial charge is 0.209 e. The van der Waals surface area contributed by atoms with Gasteiger partial charge in [0.05, 0.1) is 25.5 Å². The molecule has 2 aliphatic rings. The van der Waals surface area contributed by atoms with Crippen LogP contribution in [0.5, 0.6) is 0 Å². The maximum Gasteiger partial charge on any atom is 0.209 e. The number of sulfonamides is 1. The molecule has 2 N–H and O–H groups in total. The van der Waals surface area contributed by atoms with Gasteiger partial charge in [-0.15, -0.1) is 0 Å². The van der Waals surface area contributed by atoms with E-state index in [4.69, 9.17) is 9.47 Å². The Hall–Kier alpha value is -0.210. The predicted octanol–water partition coefficient (Wildman–Crippen LogP) is -1.94. The molecular weight excluding hydrogens is 210 g/mol. The molecule has 0 spiro atoms. The van der Waals surface area contributed by atoms with Gasteiger partial charge >= 0.3 is 0 Å². The average molecular weight is 223 g/mol. The lowest BCUT2D eigenvalue weighted by Gasteiger charge is -2.15. The Morgan fingerprint density at radius 3 is 2.57 bits per heavy atom. The third-order valence-corrected chi connectivity index (χ3v) is 3.12. The van der Waals surface area contributed by atoms with Crippen LogP contribution >= 0.6 is 0 Å². The van der Waals surface area contributed by atoms with E-state index in [-0.39, 0.29) is 25.4 Å². The van der Waals surface area contributed by atoms with Gasteiger partial charge in [-0.1, -0.05) is 0 Å². The molecule has 4 unspecified atom stereocenters. The first-order valence-corrected chi connectivity index (χ1v) is 6.25. The largest absolute Gasteiger partial charge is 0.388 e. The summed E-state index contributed by atoms with van der Waals surface area (Å²) in [5.41, 5.74) is 0. The SMILES string of the molecule is CS(=O)(=O)NC1COC2C(O)COC12. The molecule has 0 bridgehead atoms. The highest BCUT2D eigenvalue weighted by atomic mass is 32.2. The maximum atomic E-state index is 11.0. The van der Waals surface area contributed by atoms with Crippen LogP contribution in [-0.4, -0.2) is 57.3 Å². The number of rotatable bonds is 2. The van der Waals surface area contributed by atoms with Crippen LogP contribution in [0.1, 0.15) is 0 Å². The third kappa shape index (κ3) is 1.91. The molecule has 6 nitrogen and oxygen atoms in total. The number of ether oxygens (including phenoxy) is 2. The van der Waals surface area contributed by atoms with Crippen molar-refractivity contribution in [3.05, 3.63) is 0 Å². The Morgan fingerprint density at radius 1 is 1.29 bits per heavy atom. The van der Waals surface area contributed by atoms with Crippen molar-refractivity contribution >= 4 is 10.0 Å². The summed E-state index contributed by atoms with van der Waals surface area (Å²) < 4.78 is 34.9. The fourth-order valence-electron chi connectivity index (χ4n) is 1.86. The minimum atomic E-state index is -3.26. The Kier molecular flexibility index (Phi) is 2.52. The van der Waals surface area contributed by atoms with Crippen LogP contribution in [0, 0.1) is 0 Å². The molecule has 2 heterocycles. The zero-order valence-electron chi connectivity index (χ0n) is 7.71. The van der Waals surface area contributed by atoms with Crippen LogP contribution in [-0.2, 0) is 19.5 Å². The fraction of sp³-hybridized carbons (Fsp3) is 1.00. The summed E-state index contributed by atoms with van der Waals surface area (Å²) in [7, 11) is -3.26. The van der Waals surface area contributed by atoms with E-state index in [1.54, 1.807) is 0 Å². The van der Waals surface area contributed by atoms with Gasteiger partial charge in [-0.2, -0.15) is 0 Å². The zero-order valence-corrected chi connectivity index (χ0v) is 8.53. The molecule has 2 aliphatic heterocycles. The van der Waals surface area contributed by atoms with E-state index in [2.05, 4.69) is 4.72 Å². The van der Waals surface area contributed by atoms with Crippen LogP contribution in [0.15, 0.2) is 0 Å². The lowest BCUT2D eigenvalue weighted by atomic mass is 10.1. The van der Waals surface area contributed by atoms with E-state index in [0.29, 0.717) is 0 Å². The summed E-state index contributed by atoms with van der Waals surface area (Å²) in [6.07, 6.45) is -0.313. The molecule has 0 aliphatic carbocycles. The van der Waals surface area contributed by atoms with Crippen LogP contribution in [0.3, 0.4) is 0 Å². The summed E-state index contributed by atoms with van der Waals surface area (Å²) >= 11 is 0. The lowest BCUT2D eigenvalue weighted by Crippen LogP contribution is -2.43. The Balaban J connectivity index is 2.04. The molecular formula is C7H13NO5S. The molecule has 0 amide bonds. The van der Waals surface area contributed by atoms with Crippen molar-refractivity contribution in [2.24, 2.45) is 0 Å². The summed E-state index contributed by atoms with van der Waals surface area (Å²) in [5.74, 6) is 0. The number of hydrogen-bond donors (Lipinski definition) is 2. The van der Waals surface area contributed by atoms with Gasteiger partial charge in [0.1, 0.15) is 18.3 Å². The first-order chi connectivity index (χ1) is 6.47. The van der Waals surface area contributed by atoms with Gasteiger partial charge in [-0.25, -0.2) is 13.1 Å². The summed E-state index contributed by atoms with van der Waals surface area (Å²) in [5, 5.41) is 9.39. The van der Waals surface area contributed by atoms with Gasteiger partial charge in [-0.3, -0.25) is 0 Å². The second kappa shape index (κ2) is 3.42. The second-order valence-corrected chi connectivity index (χ2v) is 5.44. The Labute approximate surface area is 82.2 Å². The van der Waals surface area contributed by atoms with Crippen molar-refractivity contribution in [2.75, 3.05) is 19.5 Å². The summed E-state index contributed by atoms with van der Waals surface area (Å²) in [6, 6.07) is -0.382. The molecule has 0 saturated carbocycles. The fourth-order valence-corrected chi connectivity index (χ4v) is 2.61. The Bertz CT molecular complexity index is 316. The maximum absolute atomic E-state index is 11.0. The molecule has 0 radical (unpaired) electrons. The van der Waals surface area contributed by atoms with Gasteiger partial charge in [-0.05, 0) is 0 Å². The number of hydrogen-bond acceptors (Lipinski definition) is 5. The van der Waals surface area contributed by atoms with Crippen LogP contribution < -0.4 is 4.72 Å². The van der Waals surface area contributed by atoms with Crippen LogP contribution in [0.4, 0.5) is 0 Å². The summed E-state index contributed by atoms with van der Waals surface area (Å²) in [6.45, 7) is 0.455. The highest BCUT2D eigenvalue weighted by Gasteiger charge is 2.47. The van der Waals surface area contributed by atoms with Gasteiger partial charge in [0.2, 0.25) is 10.0 Å². The monoisotopic (exact) mass is 223 g/mol. The molecule has 0 aromatic rings. The number of fused-ring (bicyclic) bond motifs is 1. The van der Waals surface area contributed by atoms with Crippen molar-refractivity contribution in [2.45, 2.75) is 24.4 Å². The highest BCUT2D eigenvalue weighted by molar-refractivity contribution is 7.88. The average Bonchev–Trinajstić information content (AvgIpc) is 2.55.